The number of piperazine rings is 1. The predicted molar refractivity (Wildman–Crippen MR) is 123 cm³/mol. The van der Waals surface area contributed by atoms with Crippen LogP contribution in [0.1, 0.15) is 17.2 Å². The van der Waals surface area contributed by atoms with E-state index in [2.05, 4.69) is 10.2 Å². The normalized spacial score (nSPS) is 21.2. The zero-order valence-electron chi connectivity index (χ0n) is 17.9. The second kappa shape index (κ2) is 9.73. The van der Waals surface area contributed by atoms with Gasteiger partial charge in [0.1, 0.15) is 11.5 Å². The number of ether oxygens (including phenoxy) is 1. The molecular formula is C24H26ClN3O4. The number of hydrogen-bond acceptors (Lipinski definition) is 6. The number of likely N-dealkylation sites (tertiary alicyclic amines) is 1. The first kappa shape index (κ1) is 22.3. The topological polar surface area (TPSA) is 82.1 Å². The molecule has 0 aliphatic carbocycles. The van der Waals surface area contributed by atoms with Crippen LogP contribution in [0.4, 0.5) is 0 Å². The number of carbonyl (C=O) groups excluding carboxylic acids is 2. The molecule has 1 atom stereocenters. The van der Waals surface area contributed by atoms with Crippen molar-refractivity contribution in [1.82, 2.24) is 15.1 Å². The van der Waals surface area contributed by atoms with Gasteiger partial charge in [0.05, 0.1) is 18.7 Å². The molecule has 2 fully saturated rings. The van der Waals surface area contributed by atoms with Crippen molar-refractivity contribution in [2.75, 3.05) is 46.4 Å². The number of aliphatic hydroxyl groups excluding tert-OH is 1. The highest BCUT2D eigenvalue weighted by Crippen LogP contribution is 2.39. The van der Waals surface area contributed by atoms with E-state index in [4.69, 9.17) is 16.3 Å². The molecule has 2 aliphatic rings. The Labute approximate surface area is 192 Å². The van der Waals surface area contributed by atoms with Crippen LogP contribution in [-0.2, 0) is 9.59 Å². The fourth-order valence-electron chi connectivity index (χ4n) is 4.19. The first-order valence-electron chi connectivity index (χ1n) is 10.6. The largest absolute Gasteiger partial charge is 0.507 e. The molecule has 0 spiro atoms. The van der Waals surface area contributed by atoms with Gasteiger partial charge < -0.3 is 20.1 Å². The monoisotopic (exact) mass is 455 g/mol. The summed E-state index contributed by atoms with van der Waals surface area (Å²) in [5.74, 6) is -0.850. The third kappa shape index (κ3) is 4.50. The summed E-state index contributed by atoms with van der Waals surface area (Å²) in [6, 6.07) is 13.1. The zero-order valence-corrected chi connectivity index (χ0v) is 18.6. The quantitative estimate of drug-likeness (QED) is 0.396. The molecule has 2 aromatic carbocycles. The van der Waals surface area contributed by atoms with E-state index in [1.54, 1.807) is 60.5 Å². The van der Waals surface area contributed by atoms with Gasteiger partial charge in [-0.1, -0.05) is 23.7 Å². The Morgan fingerprint density at radius 1 is 1.06 bits per heavy atom. The van der Waals surface area contributed by atoms with Gasteiger partial charge >= 0.3 is 0 Å². The Bertz CT molecular complexity index is 1010. The number of ketones is 1. The van der Waals surface area contributed by atoms with E-state index in [1.807, 2.05) is 0 Å². The molecule has 32 heavy (non-hydrogen) atoms. The van der Waals surface area contributed by atoms with Gasteiger partial charge in [-0.2, -0.15) is 0 Å². The highest BCUT2D eigenvalue weighted by molar-refractivity contribution is 6.46. The lowest BCUT2D eigenvalue weighted by Crippen LogP contribution is -2.46. The number of benzene rings is 2. The predicted octanol–water partition coefficient (Wildman–Crippen LogP) is 2.68. The molecule has 2 heterocycles. The number of methoxy groups -OCH3 is 1. The van der Waals surface area contributed by atoms with E-state index < -0.39 is 17.7 Å². The third-order valence-electron chi connectivity index (χ3n) is 5.96. The van der Waals surface area contributed by atoms with Crippen LogP contribution in [0.3, 0.4) is 0 Å². The summed E-state index contributed by atoms with van der Waals surface area (Å²) in [6.07, 6.45) is 0. The van der Waals surface area contributed by atoms with E-state index in [1.165, 1.54) is 0 Å². The van der Waals surface area contributed by atoms with Gasteiger partial charge in [-0.3, -0.25) is 14.5 Å². The Balaban J connectivity index is 1.71. The standard InChI is InChI=1S/C24H26ClN3O4/c1-32-19-8-4-17(5-9-19)22(29)20-21(16-2-6-18(25)7-3-16)28(24(31)23(20)30)15-14-27-12-10-26-11-13-27/h2-9,21,26,29H,10-15H2,1H3/b22-20+/t21-/m0/s1. The number of halogens is 1. The SMILES string of the molecule is COc1ccc(/C(O)=C2\C(=O)C(=O)N(CCN3CCNCC3)[C@H]2c2ccc(Cl)cc2)cc1. The van der Waals surface area contributed by atoms with Gasteiger partial charge in [0.2, 0.25) is 0 Å². The van der Waals surface area contributed by atoms with E-state index in [0.29, 0.717) is 29.4 Å². The highest BCUT2D eigenvalue weighted by Gasteiger charge is 2.46. The molecule has 4 rings (SSSR count). The number of amides is 1. The van der Waals surface area contributed by atoms with Gasteiger partial charge in [0.25, 0.3) is 11.7 Å². The summed E-state index contributed by atoms with van der Waals surface area (Å²) in [4.78, 5) is 29.9. The number of Topliss-reactive ketones (excluding diaryl/α,β-unsaturated/α-hetero) is 1. The average Bonchev–Trinajstić information content (AvgIpc) is 3.08. The molecule has 2 saturated heterocycles. The lowest BCUT2D eigenvalue weighted by molar-refractivity contribution is -0.140. The maximum atomic E-state index is 13.1. The highest BCUT2D eigenvalue weighted by atomic mass is 35.5. The van der Waals surface area contributed by atoms with E-state index in [-0.39, 0.29) is 11.3 Å². The molecule has 0 unspecified atom stereocenters. The smallest absolute Gasteiger partial charge is 0.295 e. The van der Waals surface area contributed by atoms with Crippen molar-refractivity contribution in [3.63, 3.8) is 0 Å². The van der Waals surface area contributed by atoms with Crippen LogP contribution in [0.5, 0.6) is 5.75 Å². The van der Waals surface area contributed by atoms with Crippen molar-refractivity contribution in [3.05, 3.63) is 70.3 Å². The van der Waals surface area contributed by atoms with Crippen molar-refractivity contribution in [3.8, 4) is 5.75 Å². The van der Waals surface area contributed by atoms with Crippen LogP contribution >= 0.6 is 11.6 Å². The molecular weight excluding hydrogens is 430 g/mol. The lowest BCUT2D eigenvalue weighted by Gasteiger charge is -2.31. The Morgan fingerprint density at radius 3 is 2.34 bits per heavy atom. The Morgan fingerprint density at radius 2 is 1.72 bits per heavy atom. The third-order valence-corrected chi connectivity index (χ3v) is 6.21. The first-order chi connectivity index (χ1) is 15.5. The maximum absolute atomic E-state index is 13.1. The average molecular weight is 456 g/mol. The molecule has 0 bridgehead atoms. The Hall–Kier alpha value is -2.87. The van der Waals surface area contributed by atoms with Crippen LogP contribution in [0.15, 0.2) is 54.1 Å². The van der Waals surface area contributed by atoms with Crippen LogP contribution in [0.25, 0.3) is 5.76 Å². The minimum absolute atomic E-state index is 0.0859. The van der Waals surface area contributed by atoms with Crippen LogP contribution < -0.4 is 10.1 Å². The summed E-state index contributed by atoms with van der Waals surface area (Å²) >= 11 is 6.06. The summed E-state index contributed by atoms with van der Waals surface area (Å²) in [7, 11) is 1.55. The fraction of sp³-hybridized carbons (Fsp3) is 0.333. The minimum atomic E-state index is -0.683. The van der Waals surface area contributed by atoms with E-state index in [9.17, 15) is 14.7 Å². The number of nitrogens with zero attached hydrogens (tertiary/aromatic N) is 2. The van der Waals surface area contributed by atoms with Gasteiger partial charge in [-0.25, -0.2) is 0 Å². The molecule has 2 N–H and O–H groups in total. The number of rotatable bonds is 6. The van der Waals surface area contributed by atoms with E-state index in [0.717, 1.165) is 31.7 Å². The molecule has 8 heteroatoms. The zero-order chi connectivity index (χ0) is 22.7. The van der Waals surface area contributed by atoms with Gasteiger partial charge in [-0.05, 0) is 42.0 Å². The Kier molecular flexibility index (Phi) is 6.79. The molecule has 0 radical (unpaired) electrons. The molecule has 0 saturated carbocycles. The summed E-state index contributed by atoms with van der Waals surface area (Å²) in [5, 5.41) is 15.0. The van der Waals surface area contributed by atoms with Crippen molar-refractivity contribution in [2.24, 2.45) is 0 Å². The van der Waals surface area contributed by atoms with Gasteiger partial charge in [-0.15, -0.1) is 0 Å². The maximum Gasteiger partial charge on any atom is 0.295 e. The number of hydrogen-bond donors (Lipinski definition) is 2. The van der Waals surface area contributed by atoms with Gasteiger partial charge in [0.15, 0.2) is 0 Å². The summed E-state index contributed by atoms with van der Waals surface area (Å²) in [6.45, 7) is 4.62. The van der Waals surface area contributed by atoms with Crippen LogP contribution in [-0.4, -0.2) is 73.0 Å². The second-order valence-electron chi connectivity index (χ2n) is 7.86. The van der Waals surface area contributed by atoms with Crippen molar-refractivity contribution >= 4 is 29.1 Å². The number of aliphatic hydroxyl groups is 1. The minimum Gasteiger partial charge on any atom is -0.507 e. The molecule has 0 aromatic heterocycles. The number of nitrogens with one attached hydrogen (secondary N) is 1. The van der Waals surface area contributed by atoms with Crippen molar-refractivity contribution < 1.29 is 19.4 Å². The second-order valence-corrected chi connectivity index (χ2v) is 8.30. The number of carbonyl (C=O) groups is 2. The van der Waals surface area contributed by atoms with Crippen LogP contribution in [0.2, 0.25) is 5.02 Å². The molecule has 2 aliphatic heterocycles. The first-order valence-corrected chi connectivity index (χ1v) is 11.0. The molecule has 168 valence electrons. The lowest BCUT2D eigenvalue weighted by atomic mass is 9.95. The van der Waals surface area contributed by atoms with Crippen molar-refractivity contribution in [2.45, 2.75) is 6.04 Å². The van der Waals surface area contributed by atoms with Crippen molar-refractivity contribution in [1.29, 1.82) is 0 Å². The summed E-state index contributed by atoms with van der Waals surface area (Å²) < 4.78 is 5.17. The molecule has 7 nitrogen and oxygen atoms in total. The molecule has 2 aromatic rings. The van der Waals surface area contributed by atoms with Gasteiger partial charge in [0, 0.05) is 49.9 Å². The molecule has 1 amide bonds. The van der Waals surface area contributed by atoms with E-state index >= 15 is 0 Å². The summed E-state index contributed by atoms with van der Waals surface area (Å²) in [5.41, 5.74) is 1.26. The fourth-order valence-corrected chi connectivity index (χ4v) is 4.32. The van der Waals surface area contributed by atoms with Crippen LogP contribution in [0, 0.1) is 0 Å².